The molecule has 0 N–H and O–H groups in total. The van der Waals surface area contributed by atoms with E-state index in [0.717, 1.165) is 15.6 Å². The smallest absolute Gasteiger partial charge is 0.238 e. The third-order valence-electron chi connectivity index (χ3n) is 6.15. The number of hydrogen-bond acceptors (Lipinski definition) is 2. The molecule has 3 aromatic carbocycles. The number of rotatable bonds is 3. The van der Waals surface area contributed by atoms with Crippen molar-refractivity contribution >= 4 is 33.4 Å². The van der Waals surface area contributed by atoms with E-state index in [0.29, 0.717) is 5.69 Å². The Bertz CT molecular complexity index is 1040. The van der Waals surface area contributed by atoms with Crippen LogP contribution in [0.25, 0.3) is 0 Å². The molecule has 0 unspecified atom stereocenters. The van der Waals surface area contributed by atoms with Crippen LogP contribution in [0.5, 0.6) is 0 Å². The van der Waals surface area contributed by atoms with Gasteiger partial charge in [-0.1, -0.05) is 88.7 Å². The Balaban J connectivity index is 1.63. The highest BCUT2D eigenvalue weighted by Crippen LogP contribution is 2.50. The molecule has 4 atom stereocenters. The maximum atomic E-state index is 13.7. The van der Waals surface area contributed by atoms with Crippen LogP contribution in [0.1, 0.15) is 23.0 Å². The number of imide groups is 1. The van der Waals surface area contributed by atoms with Crippen LogP contribution in [-0.2, 0) is 9.59 Å². The molecular formula is C26H20BrNO2. The highest BCUT2D eigenvalue weighted by molar-refractivity contribution is 9.10. The first-order valence-electron chi connectivity index (χ1n) is 10.1. The first-order chi connectivity index (χ1) is 14.6. The van der Waals surface area contributed by atoms with E-state index in [1.807, 2.05) is 84.9 Å². The zero-order valence-electron chi connectivity index (χ0n) is 16.2. The van der Waals surface area contributed by atoms with Gasteiger partial charge in [-0.05, 0) is 35.4 Å². The van der Waals surface area contributed by atoms with Crippen molar-refractivity contribution in [2.45, 2.75) is 11.8 Å². The minimum absolute atomic E-state index is 0.118. The summed E-state index contributed by atoms with van der Waals surface area (Å²) in [7, 11) is 0. The summed E-state index contributed by atoms with van der Waals surface area (Å²) in [5, 5.41) is 0. The molecule has 4 heteroatoms. The van der Waals surface area contributed by atoms with Crippen molar-refractivity contribution in [1.29, 1.82) is 0 Å². The van der Waals surface area contributed by atoms with Gasteiger partial charge in [-0.25, -0.2) is 4.90 Å². The molecule has 1 saturated heterocycles. The van der Waals surface area contributed by atoms with E-state index in [2.05, 4.69) is 28.1 Å². The first kappa shape index (κ1) is 19.0. The summed E-state index contributed by atoms with van der Waals surface area (Å²) < 4.78 is 0.911. The summed E-state index contributed by atoms with van der Waals surface area (Å²) in [5.74, 6) is -1.31. The van der Waals surface area contributed by atoms with Crippen molar-refractivity contribution in [3.63, 3.8) is 0 Å². The first-order valence-corrected chi connectivity index (χ1v) is 10.9. The van der Waals surface area contributed by atoms with Gasteiger partial charge in [0.25, 0.3) is 0 Å². The summed E-state index contributed by atoms with van der Waals surface area (Å²) in [4.78, 5) is 28.7. The Kier molecular flexibility index (Phi) is 4.87. The lowest BCUT2D eigenvalue weighted by Crippen LogP contribution is -2.31. The molecule has 30 heavy (non-hydrogen) atoms. The second-order valence-electron chi connectivity index (χ2n) is 7.80. The molecule has 0 spiro atoms. The fourth-order valence-electron chi connectivity index (χ4n) is 4.78. The van der Waals surface area contributed by atoms with Gasteiger partial charge in [-0.2, -0.15) is 0 Å². The fraction of sp³-hybridized carbons (Fsp3) is 0.154. The van der Waals surface area contributed by atoms with Gasteiger partial charge in [-0.3, -0.25) is 9.59 Å². The molecule has 1 heterocycles. The lowest BCUT2D eigenvalue weighted by atomic mass is 9.68. The van der Waals surface area contributed by atoms with E-state index in [1.165, 1.54) is 4.90 Å². The molecule has 1 aliphatic heterocycles. The largest absolute Gasteiger partial charge is 0.274 e. The Morgan fingerprint density at radius 1 is 0.600 bits per heavy atom. The van der Waals surface area contributed by atoms with Crippen LogP contribution in [0.2, 0.25) is 0 Å². The Morgan fingerprint density at radius 3 is 1.47 bits per heavy atom. The van der Waals surface area contributed by atoms with Crippen LogP contribution in [0, 0.1) is 11.8 Å². The number of amides is 2. The number of carbonyl (C=O) groups is 2. The highest BCUT2D eigenvalue weighted by Gasteiger charge is 2.55. The lowest BCUT2D eigenvalue weighted by Gasteiger charge is -2.32. The molecule has 148 valence electrons. The van der Waals surface area contributed by atoms with Crippen LogP contribution in [0.15, 0.2) is 102 Å². The average molecular weight is 458 g/mol. The van der Waals surface area contributed by atoms with Gasteiger partial charge in [-0.15, -0.1) is 0 Å². The van der Waals surface area contributed by atoms with Gasteiger partial charge < -0.3 is 0 Å². The van der Waals surface area contributed by atoms with Crippen LogP contribution in [0.4, 0.5) is 5.69 Å². The predicted molar refractivity (Wildman–Crippen MR) is 121 cm³/mol. The molecule has 0 bridgehead atoms. The quantitative estimate of drug-likeness (QED) is 0.374. The maximum absolute atomic E-state index is 13.7. The van der Waals surface area contributed by atoms with E-state index < -0.39 is 11.8 Å². The van der Waals surface area contributed by atoms with Crippen LogP contribution >= 0.6 is 15.9 Å². The van der Waals surface area contributed by atoms with E-state index in [9.17, 15) is 9.59 Å². The van der Waals surface area contributed by atoms with Crippen molar-refractivity contribution in [1.82, 2.24) is 0 Å². The zero-order chi connectivity index (χ0) is 20.7. The van der Waals surface area contributed by atoms with Gasteiger partial charge in [0.15, 0.2) is 0 Å². The molecule has 5 rings (SSSR count). The molecule has 0 radical (unpaired) electrons. The minimum atomic E-state index is -0.418. The van der Waals surface area contributed by atoms with Crippen molar-refractivity contribution in [2.75, 3.05) is 4.90 Å². The molecule has 1 aliphatic carbocycles. The van der Waals surface area contributed by atoms with Gasteiger partial charge in [0, 0.05) is 16.3 Å². The molecule has 0 aromatic heterocycles. The standard InChI is InChI=1S/C26H20BrNO2/c27-19-11-13-20(14-12-19)28-25(29)23-21(17-7-3-1-4-8-17)15-16-22(24(23)26(28)30)18-9-5-2-6-10-18/h1-16,21-24H/t21-,22+,23-,24-/m1/s1. The highest BCUT2D eigenvalue weighted by atomic mass is 79.9. The van der Waals surface area contributed by atoms with Gasteiger partial charge in [0.2, 0.25) is 11.8 Å². The average Bonchev–Trinajstić information content (AvgIpc) is 3.06. The van der Waals surface area contributed by atoms with Crippen LogP contribution in [0.3, 0.4) is 0 Å². The molecule has 3 nitrogen and oxygen atoms in total. The second kappa shape index (κ2) is 7.69. The molecule has 0 saturated carbocycles. The van der Waals surface area contributed by atoms with Crippen molar-refractivity contribution in [2.24, 2.45) is 11.8 Å². The third-order valence-corrected chi connectivity index (χ3v) is 6.68. The number of hydrogen-bond donors (Lipinski definition) is 0. The summed E-state index contributed by atoms with van der Waals surface area (Å²) >= 11 is 3.43. The summed E-state index contributed by atoms with van der Waals surface area (Å²) in [6.45, 7) is 0. The third kappa shape index (κ3) is 3.12. The summed E-state index contributed by atoms with van der Waals surface area (Å²) in [6, 6.07) is 27.4. The number of anilines is 1. The Morgan fingerprint density at radius 2 is 1.03 bits per heavy atom. The molecule has 2 amide bonds. The number of benzene rings is 3. The van der Waals surface area contributed by atoms with Gasteiger partial charge in [0.05, 0.1) is 17.5 Å². The number of nitrogens with zero attached hydrogens (tertiary/aromatic N) is 1. The van der Waals surface area contributed by atoms with E-state index in [4.69, 9.17) is 0 Å². The molecule has 2 aliphatic rings. The number of fused-ring (bicyclic) bond motifs is 1. The van der Waals surface area contributed by atoms with E-state index in [-0.39, 0.29) is 23.7 Å². The second-order valence-corrected chi connectivity index (χ2v) is 8.71. The van der Waals surface area contributed by atoms with E-state index >= 15 is 0 Å². The SMILES string of the molecule is O=C1[C@H]2[C@H](C(=O)N1c1ccc(Br)cc1)[C@H](c1ccccc1)C=C[C@@H]2c1ccccc1. The van der Waals surface area contributed by atoms with E-state index in [1.54, 1.807) is 0 Å². The zero-order valence-corrected chi connectivity index (χ0v) is 17.8. The van der Waals surface area contributed by atoms with Gasteiger partial charge >= 0.3 is 0 Å². The number of allylic oxidation sites excluding steroid dienone is 2. The normalized spacial score (nSPS) is 25.4. The van der Waals surface area contributed by atoms with Crippen molar-refractivity contribution in [3.8, 4) is 0 Å². The van der Waals surface area contributed by atoms with Crippen molar-refractivity contribution < 1.29 is 9.59 Å². The fourth-order valence-corrected chi connectivity index (χ4v) is 5.04. The molecular weight excluding hydrogens is 438 g/mol. The van der Waals surface area contributed by atoms with Crippen molar-refractivity contribution in [3.05, 3.63) is 113 Å². The predicted octanol–water partition coefficient (Wildman–Crippen LogP) is 5.69. The number of carbonyl (C=O) groups excluding carboxylic acids is 2. The molecule has 1 fully saturated rings. The van der Waals surface area contributed by atoms with Gasteiger partial charge in [0.1, 0.15) is 0 Å². The van der Waals surface area contributed by atoms with Crippen LogP contribution < -0.4 is 4.90 Å². The number of halogens is 1. The summed E-state index contributed by atoms with van der Waals surface area (Å²) in [5.41, 5.74) is 2.75. The Hall–Kier alpha value is -2.98. The monoisotopic (exact) mass is 457 g/mol. The summed E-state index contributed by atoms with van der Waals surface area (Å²) in [6.07, 6.45) is 4.23. The maximum Gasteiger partial charge on any atom is 0.238 e. The lowest BCUT2D eigenvalue weighted by molar-refractivity contribution is -0.122. The molecule has 3 aromatic rings. The minimum Gasteiger partial charge on any atom is -0.274 e. The van der Waals surface area contributed by atoms with Crippen LogP contribution in [-0.4, -0.2) is 11.8 Å². The topological polar surface area (TPSA) is 37.4 Å². The Labute approximate surface area is 184 Å².